The number of amides is 2. The van der Waals surface area contributed by atoms with Crippen LogP contribution in [0.3, 0.4) is 0 Å². The zero-order valence-electron chi connectivity index (χ0n) is 20.7. The van der Waals surface area contributed by atoms with Crippen LogP contribution >= 0.6 is 0 Å². The van der Waals surface area contributed by atoms with E-state index in [0.717, 1.165) is 22.3 Å². The molecule has 7 nitrogen and oxygen atoms in total. The summed E-state index contributed by atoms with van der Waals surface area (Å²) >= 11 is 0. The summed E-state index contributed by atoms with van der Waals surface area (Å²) in [6, 6.07) is 16.3. The molecule has 1 heterocycles. The van der Waals surface area contributed by atoms with E-state index in [-0.39, 0.29) is 25.0 Å². The van der Waals surface area contributed by atoms with E-state index >= 15 is 0 Å². The van der Waals surface area contributed by atoms with Crippen molar-refractivity contribution in [1.82, 2.24) is 10.2 Å². The molecule has 7 heteroatoms. The number of hydrogen-bond acceptors (Lipinski definition) is 4. The Morgan fingerprint density at radius 2 is 1.63 bits per heavy atom. The van der Waals surface area contributed by atoms with Crippen LogP contribution in [0.25, 0.3) is 11.1 Å². The van der Waals surface area contributed by atoms with Crippen LogP contribution < -0.4 is 5.32 Å². The summed E-state index contributed by atoms with van der Waals surface area (Å²) in [6.07, 6.45) is 1.27. The lowest BCUT2D eigenvalue weighted by molar-refractivity contribution is -0.155. The van der Waals surface area contributed by atoms with Gasteiger partial charge in [0.05, 0.1) is 5.41 Å². The van der Waals surface area contributed by atoms with Gasteiger partial charge < -0.3 is 20.1 Å². The standard InChI is InChI=1S/C28H34N2O5/c1-4-28(5-2,24(31)30-16-10-15-27(3,18-30)25(32)33)29-26(34)35-17-23-21-13-8-6-11-19(21)20-12-7-9-14-22(20)23/h6-9,11-14,23H,4-5,10,15-18H2,1-3H3,(H,29,34)(H,32,33). The van der Waals surface area contributed by atoms with Crippen LogP contribution in [0.4, 0.5) is 4.79 Å². The molecule has 4 rings (SSSR count). The molecule has 35 heavy (non-hydrogen) atoms. The lowest BCUT2D eigenvalue weighted by Crippen LogP contribution is -2.62. The summed E-state index contributed by atoms with van der Waals surface area (Å²) in [5, 5.41) is 12.5. The number of ether oxygens (including phenoxy) is 1. The van der Waals surface area contributed by atoms with Gasteiger partial charge in [0.1, 0.15) is 12.1 Å². The van der Waals surface area contributed by atoms with Crippen molar-refractivity contribution in [3.05, 3.63) is 59.7 Å². The highest BCUT2D eigenvalue weighted by Crippen LogP contribution is 2.44. The largest absolute Gasteiger partial charge is 0.481 e. The Morgan fingerprint density at radius 1 is 1.06 bits per heavy atom. The molecule has 1 fully saturated rings. The van der Waals surface area contributed by atoms with Gasteiger partial charge in [0.2, 0.25) is 5.91 Å². The fourth-order valence-corrected chi connectivity index (χ4v) is 5.50. The van der Waals surface area contributed by atoms with Crippen molar-refractivity contribution >= 4 is 18.0 Å². The molecule has 1 aliphatic heterocycles. The Kier molecular flexibility index (Phi) is 6.88. The number of rotatable bonds is 7. The minimum atomic E-state index is -1.14. The number of hydrogen-bond donors (Lipinski definition) is 2. The molecule has 1 unspecified atom stereocenters. The van der Waals surface area contributed by atoms with Crippen molar-refractivity contribution < 1.29 is 24.2 Å². The summed E-state index contributed by atoms with van der Waals surface area (Å²) in [5.41, 5.74) is 2.42. The Hall–Kier alpha value is -3.35. The molecular formula is C28H34N2O5. The Bertz CT molecular complexity index is 1080. The third-order valence-corrected chi connectivity index (χ3v) is 7.80. The fourth-order valence-electron chi connectivity index (χ4n) is 5.50. The van der Waals surface area contributed by atoms with Crippen LogP contribution in [0.2, 0.25) is 0 Å². The number of likely N-dealkylation sites (tertiary alicyclic amines) is 1. The summed E-state index contributed by atoms with van der Waals surface area (Å²) in [5.74, 6) is -1.22. The predicted molar refractivity (Wildman–Crippen MR) is 133 cm³/mol. The average molecular weight is 479 g/mol. The van der Waals surface area contributed by atoms with Gasteiger partial charge in [-0.1, -0.05) is 62.4 Å². The van der Waals surface area contributed by atoms with Gasteiger partial charge in [-0.15, -0.1) is 0 Å². The number of carboxylic acid groups (broad SMARTS) is 1. The first-order valence-electron chi connectivity index (χ1n) is 12.4. The molecule has 0 radical (unpaired) electrons. The molecule has 1 saturated heterocycles. The first kappa shape index (κ1) is 24.8. The van der Waals surface area contributed by atoms with E-state index in [1.807, 2.05) is 38.1 Å². The van der Waals surface area contributed by atoms with E-state index in [1.54, 1.807) is 11.8 Å². The molecule has 2 amide bonds. The van der Waals surface area contributed by atoms with Gasteiger partial charge >= 0.3 is 12.1 Å². The zero-order valence-corrected chi connectivity index (χ0v) is 20.7. The maximum absolute atomic E-state index is 13.6. The molecule has 1 atom stereocenters. The topological polar surface area (TPSA) is 95.9 Å². The van der Waals surface area contributed by atoms with Crippen molar-refractivity contribution in [1.29, 1.82) is 0 Å². The quantitative estimate of drug-likeness (QED) is 0.596. The number of nitrogens with one attached hydrogen (secondary N) is 1. The molecule has 0 aromatic heterocycles. The van der Waals surface area contributed by atoms with Gasteiger partial charge in [0.15, 0.2) is 0 Å². The van der Waals surface area contributed by atoms with Crippen LogP contribution in [0.15, 0.2) is 48.5 Å². The van der Waals surface area contributed by atoms with E-state index in [2.05, 4.69) is 29.6 Å². The number of benzene rings is 2. The van der Waals surface area contributed by atoms with Crippen molar-refractivity contribution in [3.8, 4) is 11.1 Å². The van der Waals surface area contributed by atoms with Crippen LogP contribution in [-0.4, -0.2) is 53.2 Å². The smallest absolute Gasteiger partial charge is 0.408 e. The zero-order chi connectivity index (χ0) is 25.2. The third-order valence-electron chi connectivity index (χ3n) is 7.80. The van der Waals surface area contributed by atoms with Crippen LogP contribution in [0, 0.1) is 5.41 Å². The number of nitrogens with zero attached hydrogens (tertiary/aromatic N) is 1. The summed E-state index contributed by atoms with van der Waals surface area (Å²) in [4.78, 5) is 39.9. The summed E-state index contributed by atoms with van der Waals surface area (Å²) < 4.78 is 5.70. The molecule has 2 aliphatic rings. The maximum atomic E-state index is 13.6. The van der Waals surface area contributed by atoms with Crippen molar-refractivity contribution in [3.63, 3.8) is 0 Å². The molecule has 1 aliphatic carbocycles. The van der Waals surface area contributed by atoms with Crippen LogP contribution in [0.1, 0.15) is 63.5 Å². The highest BCUT2D eigenvalue weighted by atomic mass is 16.5. The van der Waals surface area contributed by atoms with E-state index in [0.29, 0.717) is 32.2 Å². The molecule has 0 saturated carbocycles. The molecule has 0 spiro atoms. The second-order valence-electron chi connectivity index (χ2n) is 9.94. The van der Waals surface area contributed by atoms with Gasteiger partial charge in [-0.3, -0.25) is 9.59 Å². The highest BCUT2D eigenvalue weighted by Gasteiger charge is 2.45. The lowest BCUT2D eigenvalue weighted by Gasteiger charge is -2.42. The van der Waals surface area contributed by atoms with Gasteiger partial charge in [-0.25, -0.2) is 4.79 Å². The van der Waals surface area contributed by atoms with Gasteiger partial charge in [0, 0.05) is 19.0 Å². The molecule has 2 aromatic rings. The minimum Gasteiger partial charge on any atom is -0.481 e. The van der Waals surface area contributed by atoms with E-state index < -0.39 is 23.0 Å². The molecular weight excluding hydrogens is 444 g/mol. The van der Waals surface area contributed by atoms with Gasteiger partial charge in [-0.05, 0) is 54.9 Å². The van der Waals surface area contributed by atoms with E-state index in [1.165, 1.54) is 0 Å². The van der Waals surface area contributed by atoms with Crippen molar-refractivity contribution in [2.45, 2.75) is 57.9 Å². The molecule has 2 N–H and O–H groups in total. The van der Waals surface area contributed by atoms with Crippen molar-refractivity contribution in [2.75, 3.05) is 19.7 Å². The molecule has 2 aromatic carbocycles. The lowest BCUT2D eigenvalue weighted by atomic mass is 9.80. The maximum Gasteiger partial charge on any atom is 0.408 e. The van der Waals surface area contributed by atoms with Crippen LogP contribution in [-0.2, 0) is 14.3 Å². The number of fused-ring (bicyclic) bond motifs is 3. The third kappa shape index (κ3) is 4.51. The minimum absolute atomic E-state index is 0.0696. The first-order valence-corrected chi connectivity index (χ1v) is 12.4. The molecule has 0 bridgehead atoms. The van der Waals surface area contributed by atoms with Gasteiger partial charge in [-0.2, -0.15) is 0 Å². The first-order chi connectivity index (χ1) is 16.7. The SMILES string of the molecule is CCC(CC)(NC(=O)OCC1c2ccccc2-c2ccccc21)C(=O)N1CCCC(C)(C(=O)O)C1. The molecule has 186 valence electrons. The van der Waals surface area contributed by atoms with Crippen LogP contribution in [0.5, 0.6) is 0 Å². The summed E-state index contributed by atoms with van der Waals surface area (Å²) in [7, 11) is 0. The highest BCUT2D eigenvalue weighted by molar-refractivity contribution is 5.90. The predicted octanol–water partition coefficient (Wildman–Crippen LogP) is 4.80. The van der Waals surface area contributed by atoms with Crippen molar-refractivity contribution in [2.24, 2.45) is 5.41 Å². The number of carboxylic acids is 1. The second kappa shape index (κ2) is 9.72. The number of carbonyl (C=O) groups is 3. The average Bonchev–Trinajstić information content (AvgIpc) is 3.19. The Morgan fingerprint density at radius 3 is 2.17 bits per heavy atom. The van der Waals surface area contributed by atoms with E-state index in [9.17, 15) is 19.5 Å². The normalized spacial score (nSPS) is 19.6. The number of piperidine rings is 1. The Balaban J connectivity index is 1.47. The second-order valence-corrected chi connectivity index (χ2v) is 9.94. The Labute approximate surface area is 206 Å². The fraction of sp³-hybridized carbons (Fsp3) is 0.464. The van der Waals surface area contributed by atoms with Gasteiger partial charge in [0.25, 0.3) is 0 Å². The monoisotopic (exact) mass is 478 g/mol. The number of alkyl carbamates (subject to hydrolysis) is 1. The number of carbonyl (C=O) groups excluding carboxylic acids is 2. The summed E-state index contributed by atoms with van der Waals surface area (Å²) in [6.45, 7) is 6.16. The van der Waals surface area contributed by atoms with E-state index in [4.69, 9.17) is 4.74 Å². The number of aliphatic carboxylic acids is 1.